The van der Waals surface area contributed by atoms with Crippen LogP contribution in [-0.2, 0) is 12.7 Å². The van der Waals surface area contributed by atoms with E-state index in [4.69, 9.17) is 0 Å². The Balaban J connectivity index is 1.30. The van der Waals surface area contributed by atoms with Gasteiger partial charge < -0.3 is 10.6 Å². The van der Waals surface area contributed by atoms with Gasteiger partial charge in [-0.3, -0.25) is 4.79 Å². The van der Waals surface area contributed by atoms with Crippen molar-refractivity contribution in [3.63, 3.8) is 0 Å². The van der Waals surface area contributed by atoms with Crippen LogP contribution in [0.4, 0.5) is 32.2 Å². The number of nitrogens with zero attached hydrogens (tertiary/aromatic N) is 2. The molecule has 0 saturated carbocycles. The molecule has 3 aromatic carbocycles. The summed E-state index contributed by atoms with van der Waals surface area (Å²) in [4.78, 5) is 13.0. The van der Waals surface area contributed by atoms with E-state index in [1.54, 1.807) is 54.6 Å². The molecule has 1 aromatic heterocycles. The maximum atomic E-state index is 13.9. The van der Waals surface area contributed by atoms with Gasteiger partial charge in [0, 0.05) is 13.0 Å². The molecular formula is C28H22F6N4O. The molecule has 202 valence electrons. The van der Waals surface area contributed by atoms with Crippen molar-refractivity contribution in [2.45, 2.75) is 37.4 Å². The van der Waals surface area contributed by atoms with Gasteiger partial charge in [0.05, 0.1) is 17.8 Å². The average Bonchev–Trinajstić information content (AvgIpc) is 3.35. The summed E-state index contributed by atoms with van der Waals surface area (Å²) >= 11 is 0. The van der Waals surface area contributed by atoms with Gasteiger partial charge in [-0.1, -0.05) is 66.7 Å². The fourth-order valence-electron chi connectivity index (χ4n) is 4.58. The smallest absolute Gasteiger partial charge is 0.363 e. The second-order valence-corrected chi connectivity index (χ2v) is 9.21. The monoisotopic (exact) mass is 544 g/mol. The zero-order chi connectivity index (χ0) is 27.8. The van der Waals surface area contributed by atoms with Crippen molar-refractivity contribution in [1.29, 1.82) is 0 Å². The van der Waals surface area contributed by atoms with Gasteiger partial charge in [0.1, 0.15) is 11.4 Å². The van der Waals surface area contributed by atoms with Crippen molar-refractivity contribution in [2.75, 3.05) is 5.32 Å². The van der Waals surface area contributed by atoms with Crippen LogP contribution in [0.25, 0.3) is 11.1 Å². The largest absolute Gasteiger partial charge is 0.416 e. The zero-order valence-electron chi connectivity index (χ0n) is 20.2. The highest BCUT2D eigenvalue weighted by Gasteiger charge is 2.47. The topological polar surface area (TPSA) is 59.0 Å². The lowest BCUT2D eigenvalue weighted by Crippen LogP contribution is -2.36. The molecule has 1 aliphatic heterocycles. The molecule has 11 heteroatoms. The molecule has 2 heterocycles. The molecule has 2 atom stereocenters. The van der Waals surface area contributed by atoms with E-state index >= 15 is 0 Å². The number of hydrogen-bond donors (Lipinski definition) is 2. The lowest BCUT2D eigenvalue weighted by Gasteiger charge is -2.34. The van der Waals surface area contributed by atoms with E-state index in [1.165, 1.54) is 12.1 Å². The van der Waals surface area contributed by atoms with Crippen molar-refractivity contribution in [2.24, 2.45) is 0 Å². The Bertz CT molecular complexity index is 1440. The van der Waals surface area contributed by atoms with E-state index in [1.807, 2.05) is 0 Å². The number of anilines is 1. The van der Waals surface area contributed by atoms with Gasteiger partial charge in [-0.05, 0) is 34.4 Å². The van der Waals surface area contributed by atoms with Gasteiger partial charge in [-0.2, -0.15) is 31.4 Å². The number of carbonyl (C=O) groups is 1. The molecule has 1 aliphatic rings. The third-order valence-corrected chi connectivity index (χ3v) is 6.64. The summed E-state index contributed by atoms with van der Waals surface area (Å²) < 4.78 is 80.8. The molecule has 2 unspecified atom stereocenters. The van der Waals surface area contributed by atoms with Crippen LogP contribution in [0.5, 0.6) is 0 Å². The van der Waals surface area contributed by atoms with Crippen molar-refractivity contribution in [1.82, 2.24) is 15.1 Å². The van der Waals surface area contributed by atoms with Gasteiger partial charge in [-0.15, -0.1) is 0 Å². The van der Waals surface area contributed by atoms with E-state index in [0.29, 0.717) is 22.3 Å². The van der Waals surface area contributed by atoms with Crippen LogP contribution in [0.15, 0.2) is 85.1 Å². The molecule has 5 nitrogen and oxygen atoms in total. The molecule has 39 heavy (non-hydrogen) atoms. The summed E-state index contributed by atoms with van der Waals surface area (Å²) in [5.74, 6) is -0.599. The highest BCUT2D eigenvalue weighted by Crippen LogP contribution is 2.44. The minimum atomic E-state index is -4.56. The second-order valence-electron chi connectivity index (χ2n) is 9.21. The maximum absolute atomic E-state index is 13.9. The van der Waals surface area contributed by atoms with Gasteiger partial charge in [0.25, 0.3) is 5.91 Å². The van der Waals surface area contributed by atoms with Crippen LogP contribution in [0.3, 0.4) is 0 Å². The minimum absolute atomic E-state index is 0.00687. The fourth-order valence-corrected chi connectivity index (χ4v) is 4.58. The summed E-state index contributed by atoms with van der Waals surface area (Å²) in [7, 11) is 0. The Labute approximate surface area is 219 Å². The molecule has 0 saturated heterocycles. The SMILES string of the molecule is O=C(NCc1ccc(-c2ccc(C(F)(F)F)cc2)cc1)c1cnn2c1NC(c1ccccc1)CC2C(F)(F)F. The van der Waals surface area contributed by atoms with E-state index in [0.717, 1.165) is 23.0 Å². The Hall–Kier alpha value is -4.28. The number of hydrogen-bond acceptors (Lipinski definition) is 3. The summed E-state index contributed by atoms with van der Waals surface area (Å²) in [6.07, 6.45) is -8.12. The van der Waals surface area contributed by atoms with E-state index in [9.17, 15) is 31.1 Å². The zero-order valence-corrected chi connectivity index (χ0v) is 20.2. The fraction of sp³-hybridized carbons (Fsp3) is 0.214. The van der Waals surface area contributed by atoms with E-state index < -0.39 is 35.9 Å². The Morgan fingerprint density at radius 3 is 2.10 bits per heavy atom. The van der Waals surface area contributed by atoms with Crippen molar-refractivity contribution < 1.29 is 31.1 Å². The van der Waals surface area contributed by atoms with Crippen LogP contribution >= 0.6 is 0 Å². The molecule has 5 rings (SSSR count). The van der Waals surface area contributed by atoms with Gasteiger partial charge in [0.2, 0.25) is 0 Å². The highest BCUT2D eigenvalue weighted by molar-refractivity contribution is 5.98. The van der Waals surface area contributed by atoms with Crippen LogP contribution in [0.2, 0.25) is 0 Å². The molecule has 1 amide bonds. The third-order valence-electron chi connectivity index (χ3n) is 6.64. The number of fused-ring (bicyclic) bond motifs is 1. The number of benzene rings is 3. The summed E-state index contributed by atoms with van der Waals surface area (Å²) in [5.41, 5.74) is 1.91. The lowest BCUT2D eigenvalue weighted by atomic mass is 9.96. The van der Waals surface area contributed by atoms with Crippen LogP contribution in [0.1, 0.15) is 45.6 Å². The summed E-state index contributed by atoms with van der Waals surface area (Å²) in [6.45, 7) is 0.0849. The standard InChI is InChI=1S/C28H22F6N4O/c29-27(30,31)21-12-10-19(11-13-21)18-8-6-17(7-9-18)15-35-26(39)22-16-36-38-24(28(32,33)34)14-23(37-25(22)38)20-4-2-1-3-5-20/h1-13,16,23-24,37H,14-15H2,(H,35,39). The highest BCUT2D eigenvalue weighted by atomic mass is 19.4. The molecule has 2 N–H and O–H groups in total. The number of amides is 1. The molecule has 0 spiro atoms. The molecular weight excluding hydrogens is 522 g/mol. The average molecular weight is 544 g/mol. The quantitative estimate of drug-likeness (QED) is 0.262. The first-order valence-corrected chi connectivity index (χ1v) is 12.0. The first-order chi connectivity index (χ1) is 18.5. The number of nitrogens with one attached hydrogen (secondary N) is 2. The first-order valence-electron chi connectivity index (χ1n) is 12.0. The van der Waals surface area contributed by atoms with Crippen molar-refractivity contribution >= 4 is 11.7 Å². The van der Waals surface area contributed by atoms with E-state index in [2.05, 4.69) is 15.7 Å². The Morgan fingerprint density at radius 1 is 0.897 bits per heavy atom. The lowest BCUT2D eigenvalue weighted by molar-refractivity contribution is -0.173. The number of alkyl halides is 6. The normalized spacial score (nSPS) is 17.3. The second kappa shape index (κ2) is 10.1. The molecule has 4 aromatic rings. The van der Waals surface area contributed by atoms with Gasteiger partial charge in [0.15, 0.2) is 6.04 Å². The van der Waals surface area contributed by atoms with Crippen LogP contribution < -0.4 is 10.6 Å². The van der Waals surface area contributed by atoms with Crippen LogP contribution in [-0.4, -0.2) is 21.9 Å². The molecule has 0 radical (unpaired) electrons. The van der Waals surface area contributed by atoms with E-state index in [-0.39, 0.29) is 24.3 Å². The molecule has 0 aliphatic carbocycles. The summed E-state index contributed by atoms with van der Waals surface area (Å²) in [6, 6.07) is 17.8. The number of rotatable bonds is 5. The maximum Gasteiger partial charge on any atom is 0.416 e. The molecule has 0 fully saturated rings. The van der Waals surface area contributed by atoms with Crippen LogP contribution in [0, 0.1) is 0 Å². The van der Waals surface area contributed by atoms with Gasteiger partial charge in [-0.25, -0.2) is 4.68 Å². The predicted octanol–water partition coefficient (Wildman–Crippen LogP) is 7.16. The van der Waals surface area contributed by atoms with Gasteiger partial charge >= 0.3 is 12.4 Å². The first kappa shape index (κ1) is 26.3. The van der Waals surface area contributed by atoms with Crippen molar-refractivity contribution in [3.8, 4) is 11.1 Å². The van der Waals surface area contributed by atoms with Crippen molar-refractivity contribution in [3.05, 3.63) is 107 Å². The predicted molar refractivity (Wildman–Crippen MR) is 133 cm³/mol. The molecule has 0 bridgehead atoms. The minimum Gasteiger partial charge on any atom is -0.363 e. The Morgan fingerprint density at radius 2 is 1.51 bits per heavy atom. The number of halogens is 6. The summed E-state index contributed by atoms with van der Waals surface area (Å²) in [5, 5.41) is 9.63. The number of carbonyl (C=O) groups excluding carboxylic acids is 1. The third kappa shape index (κ3) is 5.62. The number of aromatic nitrogens is 2. The Kier molecular flexibility index (Phi) is 6.83.